The molecule has 9 heteroatoms. The number of rotatable bonds is 11. The van der Waals surface area contributed by atoms with E-state index in [1.54, 1.807) is 19.2 Å². The molecule has 2 rings (SSSR count). The van der Waals surface area contributed by atoms with Crippen LogP contribution in [0, 0.1) is 0 Å². The summed E-state index contributed by atoms with van der Waals surface area (Å²) in [5.74, 6) is 1.92. The molecular formula is C19H32N4O3S2. The second-order valence-corrected chi connectivity index (χ2v) is 9.44. The van der Waals surface area contributed by atoms with E-state index in [0.29, 0.717) is 19.7 Å². The fourth-order valence-electron chi connectivity index (χ4n) is 2.86. The number of hydrogen-bond acceptors (Lipinski definition) is 5. The molecule has 0 aromatic heterocycles. The van der Waals surface area contributed by atoms with Gasteiger partial charge in [0.05, 0.1) is 11.0 Å². The van der Waals surface area contributed by atoms with Crippen molar-refractivity contribution in [2.24, 2.45) is 4.99 Å². The number of aliphatic imine (C=N–C) groups is 1. The van der Waals surface area contributed by atoms with E-state index >= 15 is 0 Å². The minimum Gasteiger partial charge on any atom is -0.377 e. The number of benzene rings is 1. The van der Waals surface area contributed by atoms with E-state index in [0.717, 1.165) is 37.3 Å². The maximum atomic E-state index is 12.4. The highest BCUT2D eigenvalue weighted by atomic mass is 32.2. The Hall–Kier alpha value is -1.29. The van der Waals surface area contributed by atoms with Gasteiger partial charge < -0.3 is 15.4 Å². The molecule has 0 aliphatic carbocycles. The predicted molar refractivity (Wildman–Crippen MR) is 116 cm³/mol. The van der Waals surface area contributed by atoms with Gasteiger partial charge in [-0.2, -0.15) is 11.8 Å². The lowest BCUT2D eigenvalue weighted by Gasteiger charge is -2.13. The lowest BCUT2D eigenvalue weighted by atomic mass is 10.2. The van der Waals surface area contributed by atoms with Gasteiger partial charge >= 0.3 is 0 Å². The highest BCUT2D eigenvalue weighted by Crippen LogP contribution is 2.14. The first-order chi connectivity index (χ1) is 13.5. The number of unbranched alkanes of at least 4 members (excludes halogenated alkanes) is 1. The van der Waals surface area contributed by atoms with Crippen LogP contribution in [0.3, 0.4) is 0 Å². The average molecular weight is 429 g/mol. The van der Waals surface area contributed by atoms with Crippen molar-refractivity contribution in [3.05, 3.63) is 29.8 Å². The Labute approximate surface area is 173 Å². The summed E-state index contributed by atoms with van der Waals surface area (Å²) in [5, 5.41) is 6.54. The van der Waals surface area contributed by atoms with Crippen molar-refractivity contribution in [1.82, 2.24) is 15.4 Å². The number of hydrogen-bond donors (Lipinski definition) is 3. The van der Waals surface area contributed by atoms with Crippen LogP contribution in [0.1, 0.15) is 31.2 Å². The summed E-state index contributed by atoms with van der Waals surface area (Å²) < 4.78 is 32.9. The van der Waals surface area contributed by atoms with Gasteiger partial charge in [0.25, 0.3) is 0 Å². The molecular weight excluding hydrogens is 396 g/mol. The molecule has 28 heavy (non-hydrogen) atoms. The van der Waals surface area contributed by atoms with Gasteiger partial charge in [0.1, 0.15) is 0 Å². The van der Waals surface area contributed by atoms with Crippen LogP contribution >= 0.6 is 11.8 Å². The third-order valence-electron chi connectivity index (χ3n) is 4.51. The van der Waals surface area contributed by atoms with Gasteiger partial charge in [0, 0.05) is 33.3 Å². The summed E-state index contributed by atoms with van der Waals surface area (Å²) >= 11 is 1.86. The van der Waals surface area contributed by atoms with Gasteiger partial charge in [-0.25, -0.2) is 13.1 Å². The van der Waals surface area contributed by atoms with E-state index in [1.165, 1.54) is 12.2 Å². The minimum atomic E-state index is -3.51. The molecule has 0 radical (unpaired) electrons. The van der Waals surface area contributed by atoms with Crippen molar-refractivity contribution in [1.29, 1.82) is 0 Å². The van der Waals surface area contributed by atoms with Gasteiger partial charge in [0.15, 0.2) is 5.96 Å². The van der Waals surface area contributed by atoms with Crippen LogP contribution in [0.5, 0.6) is 0 Å². The second-order valence-electron chi connectivity index (χ2n) is 6.68. The zero-order chi connectivity index (χ0) is 20.2. The Morgan fingerprint density at radius 1 is 1.25 bits per heavy atom. The molecule has 0 saturated carbocycles. The zero-order valence-corrected chi connectivity index (χ0v) is 18.4. The largest absolute Gasteiger partial charge is 0.377 e. The van der Waals surface area contributed by atoms with Crippen molar-refractivity contribution >= 4 is 27.7 Å². The maximum absolute atomic E-state index is 12.4. The molecule has 1 aromatic rings. The standard InChI is InChI=1S/C19H32N4O3S2/c1-20-19(21-11-3-4-13-27-2)22-14-16-7-9-18(10-8-16)28(24,25)23-15-17-6-5-12-26-17/h7-10,17,23H,3-6,11-15H2,1-2H3,(H2,20,21,22). The molecule has 158 valence electrons. The third-order valence-corrected chi connectivity index (χ3v) is 6.65. The summed E-state index contributed by atoms with van der Waals surface area (Å²) in [5.41, 5.74) is 0.989. The molecule has 1 aromatic carbocycles. The monoisotopic (exact) mass is 428 g/mol. The van der Waals surface area contributed by atoms with Gasteiger partial charge in [-0.3, -0.25) is 4.99 Å². The molecule has 1 saturated heterocycles. The normalized spacial score (nSPS) is 17.6. The fraction of sp³-hybridized carbons (Fsp3) is 0.632. The predicted octanol–water partition coefficient (Wildman–Crippen LogP) is 1.95. The van der Waals surface area contributed by atoms with Gasteiger partial charge in [0.2, 0.25) is 10.0 Å². The van der Waals surface area contributed by atoms with Crippen LogP contribution in [0.15, 0.2) is 34.2 Å². The van der Waals surface area contributed by atoms with E-state index < -0.39 is 10.0 Å². The van der Waals surface area contributed by atoms with Crippen LogP contribution in [0.4, 0.5) is 0 Å². The topological polar surface area (TPSA) is 91.8 Å². The van der Waals surface area contributed by atoms with Crippen molar-refractivity contribution < 1.29 is 13.2 Å². The molecule has 1 heterocycles. The smallest absolute Gasteiger partial charge is 0.240 e. The van der Waals surface area contributed by atoms with Crippen molar-refractivity contribution in [2.75, 3.05) is 38.8 Å². The fourth-order valence-corrected chi connectivity index (χ4v) is 4.42. The number of nitrogens with one attached hydrogen (secondary N) is 3. The number of sulfonamides is 1. The Balaban J connectivity index is 1.77. The van der Waals surface area contributed by atoms with Crippen LogP contribution in [-0.2, 0) is 21.3 Å². The number of guanidine groups is 1. The SMILES string of the molecule is CN=C(NCCCCSC)NCc1ccc(S(=O)(=O)NCC2CCCO2)cc1. The Kier molecular flexibility index (Phi) is 10.1. The molecule has 0 amide bonds. The molecule has 7 nitrogen and oxygen atoms in total. The summed E-state index contributed by atoms with van der Waals surface area (Å²) in [4.78, 5) is 4.48. The van der Waals surface area contributed by atoms with Crippen LogP contribution in [0.25, 0.3) is 0 Å². The molecule has 3 N–H and O–H groups in total. The summed E-state index contributed by atoms with van der Waals surface area (Å²) in [6.45, 7) is 2.50. The summed E-state index contributed by atoms with van der Waals surface area (Å²) in [6, 6.07) is 6.90. The number of ether oxygens (including phenoxy) is 1. The van der Waals surface area contributed by atoms with E-state index in [1.807, 2.05) is 23.9 Å². The number of thioether (sulfide) groups is 1. The van der Waals surface area contributed by atoms with Gasteiger partial charge in [-0.15, -0.1) is 0 Å². The Morgan fingerprint density at radius 2 is 2.04 bits per heavy atom. The van der Waals surface area contributed by atoms with Crippen LogP contribution < -0.4 is 15.4 Å². The van der Waals surface area contributed by atoms with E-state index in [4.69, 9.17) is 4.74 Å². The summed E-state index contributed by atoms with van der Waals surface area (Å²) in [6.07, 6.45) is 6.28. The average Bonchev–Trinajstić information content (AvgIpc) is 3.23. The molecule has 1 unspecified atom stereocenters. The molecule has 1 aliphatic rings. The van der Waals surface area contributed by atoms with Crippen LogP contribution in [0.2, 0.25) is 0 Å². The van der Waals surface area contributed by atoms with Crippen LogP contribution in [-0.4, -0.2) is 59.2 Å². The number of nitrogens with zero attached hydrogens (tertiary/aromatic N) is 1. The summed E-state index contributed by atoms with van der Waals surface area (Å²) in [7, 11) is -1.77. The third kappa shape index (κ3) is 7.98. The van der Waals surface area contributed by atoms with E-state index in [9.17, 15) is 8.42 Å². The lowest BCUT2D eigenvalue weighted by molar-refractivity contribution is 0.114. The molecule has 1 fully saturated rings. The second kappa shape index (κ2) is 12.3. The molecule has 1 atom stereocenters. The molecule has 1 aliphatic heterocycles. The Bertz CT molecular complexity index is 702. The molecule has 0 bridgehead atoms. The van der Waals surface area contributed by atoms with E-state index in [2.05, 4.69) is 26.6 Å². The maximum Gasteiger partial charge on any atom is 0.240 e. The molecule has 0 spiro atoms. The Morgan fingerprint density at radius 3 is 2.68 bits per heavy atom. The van der Waals surface area contributed by atoms with E-state index in [-0.39, 0.29) is 11.0 Å². The first-order valence-corrected chi connectivity index (χ1v) is 12.6. The van der Waals surface area contributed by atoms with Gasteiger partial charge in [-0.05, 0) is 55.4 Å². The first kappa shape index (κ1) is 23.0. The highest BCUT2D eigenvalue weighted by molar-refractivity contribution is 7.98. The quantitative estimate of drug-likeness (QED) is 0.283. The lowest BCUT2D eigenvalue weighted by Crippen LogP contribution is -2.37. The van der Waals surface area contributed by atoms with Gasteiger partial charge in [-0.1, -0.05) is 12.1 Å². The highest BCUT2D eigenvalue weighted by Gasteiger charge is 2.20. The zero-order valence-electron chi connectivity index (χ0n) is 16.7. The van der Waals surface area contributed by atoms with Crippen molar-refractivity contribution in [3.63, 3.8) is 0 Å². The van der Waals surface area contributed by atoms with Crippen molar-refractivity contribution in [2.45, 2.75) is 43.2 Å². The minimum absolute atomic E-state index is 0.0155. The first-order valence-electron chi connectivity index (χ1n) is 9.69. The van der Waals surface area contributed by atoms with Crippen molar-refractivity contribution in [3.8, 4) is 0 Å².